The van der Waals surface area contributed by atoms with Crippen LogP contribution in [0, 0.1) is 0 Å². The second-order valence-corrected chi connectivity index (χ2v) is 6.69. The molecular weight excluding hydrogens is 282 g/mol. The molecule has 0 saturated heterocycles. The number of quaternary nitrogens is 1. The van der Waals surface area contributed by atoms with Crippen molar-refractivity contribution in [1.29, 1.82) is 0 Å². The minimum Gasteiger partial charge on any atom is -0.481 e. The van der Waals surface area contributed by atoms with Gasteiger partial charge in [0.25, 0.3) is 0 Å². The van der Waals surface area contributed by atoms with Gasteiger partial charge in [0.1, 0.15) is 6.54 Å². The molecule has 5 heteroatoms. The van der Waals surface area contributed by atoms with Crippen molar-refractivity contribution in [3.63, 3.8) is 0 Å². The highest BCUT2D eigenvalue weighted by atomic mass is 16.5. The maximum atomic E-state index is 11.8. The molecule has 0 aromatic carbocycles. The third-order valence-electron chi connectivity index (χ3n) is 3.09. The van der Waals surface area contributed by atoms with Crippen molar-refractivity contribution in [3.05, 3.63) is 12.2 Å². The van der Waals surface area contributed by atoms with Crippen molar-refractivity contribution in [3.8, 4) is 0 Å². The highest BCUT2D eigenvalue weighted by molar-refractivity contribution is 5.71. The summed E-state index contributed by atoms with van der Waals surface area (Å²) in [7, 11) is 5.84. The molecule has 0 aromatic rings. The number of aliphatic carboxylic acids is 1. The Labute approximate surface area is 134 Å². The van der Waals surface area contributed by atoms with Crippen LogP contribution in [0.25, 0.3) is 0 Å². The van der Waals surface area contributed by atoms with Crippen LogP contribution in [0.2, 0.25) is 0 Å². The Bertz CT molecular complexity index is 358. The number of allylic oxidation sites excluding steroid dienone is 2. The zero-order valence-electron chi connectivity index (χ0n) is 14.5. The fraction of sp³-hybridized carbons (Fsp3) is 0.765. The molecule has 22 heavy (non-hydrogen) atoms. The SMILES string of the molecule is CCCC/C=C/CCCC(=O)OC(CC(=O)O)C[N+](C)(C)C. The number of ether oxygens (including phenoxy) is 1. The summed E-state index contributed by atoms with van der Waals surface area (Å²) in [5.41, 5.74) is 0. The molecule has 0 aromatic heterocycles. The van der Waals surface area contributed by atoms with Crippen molar-refractivity contribution in [2.75, 3.05) is 27.7 Å². The van der Waals surface area contributed by atoms with Crippen LogP contribution >= 0.6 is 0 Å². The Kier molecular flexibility index (Phi) is 10.5. The lowest BCUT2D eigenvalue weighted by Gasteiger charge is -2.28. The molecule has 0 aliphatic carbocycles. The minimum absolute atomic E-state index is 0.141. The number of carbonyl (C=O) groups excluding carboxylic acids is 1. The Morgan fingerprint density at radius 2 is 1.73 bits per heavy atom. The van der Waals surface area contributed by atoms with Gasteiger partial charge in [-0.05, 0) is 19.3 Å². The fourth-order valence-electron chi connectivity index (χ4n) is 2.12. The molecule has 1 unspecified atom stereocenters. The topological polar surface area (TPSA) is 63.6 Å². The molecular formula is C17H32NO4+. The van der Waals surface area contributed by atoms with Gasteiger partial charge >= 0.3 is 11.9 Å². The van der Waals surface area contributed by atoms with Gasteiger partial charge in [0.05, 0.1) is 27.6 Å². The molecule has 0 radical (unpaired) electrons. The van der Waals surface area contributed by atoms with E-state index in [0.29, 0.717) is 17.4 Å². The molecule has 0 aliphatic rings. The normalized spacial score (nSPS) is 13.3. The molecule has 0 saturated carbocycles. The van der Waals surface area contributed by atoms with Crippen LogP contribution in [0.1, 0.15) is 51.9 Å². The quantitative estimate of drug-likeness (QED) is 0.260. The number of likely N-dealkylation sites (N-methyl/N-ethyl adjacent to an activating group) is 1. The first kappa shape index (κ1) is 20.6. The third kappa shape index (κ3) is 13.6. The third-order valence-corrected chi connectivity index (χ3v) is 3.09. The van der Waals surface area contributed by atoms with Crippen LogP contribution in [0.5, 0.6) is 0 Å². The van der Waals surface area contributed by atoms with Crippen LogP contribution in [0.15, 0.2) is 12.2 Å². The van der Waals surface area contributed by atoms with E-state index in [9.17, 15) is 9.59 Å². The summed E-state index contributed by atoms with van der Waals surface area (Å²) in [5.74, 6) is -1.24. The van der Waals surface area contributed by atoms with Gasteiger partial charge < -0.3 is 14.3 Å². The zero-order chi connectivity index (χ0) is 17.0. The first-order valence-electron chi connectivity index (χ1n) is 8.11. The first-order chi connectivity index (χ1) is 10.2. The van der Waals surface area contributed by atoms with E-state index < -0.39 is 12.1 Å². The number of esters is 1. The molecule has 5 nitrogen and oxygen atoms in total. The Morgan fingerprint density at radius 1 is 1.14 bits per heavy atom. The summed E-state index contributed by atoms with van der Waals surface area (Å²) in [4.78, 5) is 22.7. The smallest absolute Gasteiger partial charge is 0.307 e. The van der Waals surface area contributed by atoms with E-state index in [1.54, 1.807) is 0 Å². The predicted octanol–water partition coefficient (Wildman–Crippen LogP) is 3.00. The monoisotopic (exact) mass is 314 g/mol. The van der Waals surface area contributed by atoms with Crippen molar-refractivity contribution < 1.29 is 23.9 Å². The maximum absolute atomic E-state index is 11.8. The zero-order valence-corrected chi connectivity index (χ0v) is 14.5. The first-order valence-corrected chi connectivity index (χ1v) is 8.11. The number of hydrogen-bond donors (Lipinski definition) is 1. The van der Waals surface area contributed by atoms with E-state index in [4.69, 9.17) is 9.84 Å². The van der Waals surface area contributed by atoms with E-state index >= 15 is 0 Å². The highest BCUT2D eigenvalue weighted by Crippen LogP contribution is 2.08. The average Bonchev–Trinajstić information content (AvgIpc) is 2.34. The summed E-state index contributed by atoms with van der Waals surface area (Å²) in [6.45, 7) is 2.66. The van der Waals surface area contributed by atoms with Crippen LogP contribution in [0.3, 0.4) is 0 Å². The van der Waals surface area contributed by atoms with Crippen LogP contribution in [0.4, 0.5) is 0 Å². The standard InChI is InChI=1S/C17H31NO4/c1-5-6-7-8-9-10-11-12-17(21)22-15(13-16(19)20)14-18(2,3)4/h8-9,15H,5-7,10-14H2,1-4H3/p+1/b9-8+. The van der Waals surface area contributed by atoms with E-state index in [1.807, 2.05) is 21.1 Å². The summed E-state index contributed by atoms with van der Waals surface area (Å²) in [6.07, 6.45) is 8.96. The molecule has 0 fully saturated rings. The predicted molar refractivity (Wildman–Crippen MR) is 87.5 cm³/mol. The molecule has 1 atom stereocenters. The lowest BCUT2D eigenvalue weighted by atomic mass is 10.2. The largest absolute Gasteiger partial charge is 0.481 e. The van der Waals surface area contributed by atoms with Crippen molar-refractivity contribution in [2.24, 2.45) is 0 Å². The molecule has 1 N–H and O–H groups in total. The molecule has 0 rings (SSSR count). The van der Waals surface area contributed by atoms with Crippen LogP contribution < -0.4 is 0 Å². The summed E-state index contributed by atoms with van der Waals surface area (Å²) in [6, 6.07) is 0. The van der Waals surface area contributed by atoms with Gasteiger partial charge in [-0.15, -0.1) is 0 Å². The minimum atomic E-state index is -0.940. The second-order valence-electron chi connectivity index (χ2n) is 6.69. The summed E-state index contributed by atoms with van der Waals surface area (Å²) < 4.78 is 5.88. The van der Waals surface area contributed by atoms with Crippen molar-refractivity contribution >= 4 is 11.9 Å². The van der Waals surface area contributed by atoms with Gasteiger partial charge in [-0.25, -0.2) is 0 Å². The number of carboxylic acids is 1. The molecule has 0 heterocycles. The van der Waals surface area contributed by atoms with Gasteiger partial charge in [0.15, 0.2) is 6.10 Å². The molecule has 0 aliphatic heterocycles. The van der Waals surface area contributed by atoms with E-state index in [-0.39, 0.29) is 12.4 Å². The van der Waals surface area contributed by atoms with Gasteiger partial charge in [-0.3, -0.25) is 9.59 Å². The van der Waals surface area contributed by atoms with Gasteiger partial charge in [-0.2, -0.15) is 0 Å². The molecule has 0 bridgehead atoms. The number of hydrogen-bond acceptors (Lipinski definition) is 3. The molecule has 0 amide bonds. The molecule has 128 valence electrons. The number of unbranched alkanes of at least 4 members (excludes halogenated alkanes) is 3. The number of rotatable bonds is 12. The lowest BCUT2D eigenvalue weighted by Crippen LogP contribution is -2.43. The van der Waals surface area contributed by atoms with Gasteiger partial charge in [0.2, 0.25) is 0 Å². The fourth-order valence-corrected chi connectivity index (χ4v) is 2.12. The van der Waals surface area contributed by atoms with Crippen molar-refractivity contribution in [1.82, 2.24) is 0 Å². The molecule has 0 spiro atoms. The number of carbonyl (C=O) groups is 2. The maximum Gasteiger partial charge on any atom is 0.307 e. The number of nitrogens with zero attached hydrogens (tertiary/aromatic N) is 1. The van der Waals surface area contributed by atoms with Gasteiger partial charge in [0, 0.05) is 6.42 Å². The lowest BCUT2D eigenvalue weighted by molar-refractivity contribution is -0.873. The average molecular weight is 314 g/mol. The van der Waals surface area contributed by atoms with Crippen LogP contribution in [-0.2, 0) is 14.3 Å². The summed E-state index contributed by atoms with van der Waals surface area (Å²) in [5, 5.41) is 8.90. The second kappa shape index (κ2) is 11.2. The van der Waals surface area contributed by atoms with E-state index in [2.05, 4.69) is 19.1 Å². The highest BCUT2D eigenvalue weighted by Gasteiger charge is 2.24. The Morgan fingerprint density at radius 3 is 2.23 bits per heavy atom. The van der Waals surface area contributed by atoms with Crippen LogP contribution in [-0.4, -0.2) is 55.3 Å². The van der Waals surface area contributed by atoms with E-state index in [1.165, 1.54) is 12.8 Å². The van der Waals surface area contributed by atoms with Gasteiger partial charge in [-0.1, -0.05) is 31.9 Å². The number of carboxylic acid groups (broad SMARTS) is 1. The van der Waals surface area contributed by atoms with E-state index in [0.717, 1.165) is 19.3 Å². The Balaban J connectivity index is 4.06. The van der Waals surface area contributed by atoms with Crippen molar-refractivity contribution in [2.45, 2.75) is 58.0 Å². The summed E-state index contributed by atoms with van der Waals surface area (Å²) >= 11 is 0. The Hall–Kier alpha value is -1.36.